The van der Waals surface area contributed by atoms with Crippen LogP contribution >= 0.6 is 11.3 Å². The van der Waals surface area contributed by atoms with Crippen LogP contribution in [0.2, 0.25) is 0 Å². The molecule has 0 atom stereocenters. The van der Waals surface area contributed by atoms with Crippen LogP contribution in [0, 0.1) is 13.8 Å². The van der Waals surface area contributed by atoms with Gasteiger partial charge in [-0.3, -0.25) is 0 Å². The van der Waals surface area contributed by atoms with Crippen LogP contribution in [0.1, 0.15) is 11.1 Å². The first-order chi connectivity index (χ1) is 11.2. The Hall–Kier alpha value is -2.39. The molecule has 0 amide bonds. The molecule has 1 N–H and O–H groups in total. The molecule has 1 heterocycles. The Kier molecular flexibility index (Phi) is 4.58. The molecular weight excluding hydrogens is 300 g/mol. The summed E-state index contributed by atoms with van der Waals surface area (Å²) in [6.45, 7) is 8.89. The van der Waals surface area contributed by atoms with Crippen molar-refractivity contribution >= 4 is 22.2 Å². The highest BCUT2D eigenvalue weighted by atomic mass is 32.1. The molecule has 0 aliphatic heterocycles. The van der Waals surface area contributed by atoms with Gasteiger partial charge in [-0.2, -0.15) is 0 Å². The standard InChI is InChI=1S/C20H20N2S/c1-4-13-22-19(17-9-5-15(2)6-10-17)14-23-20(22)21-18-11-7-16(3)8-12-18/h4-12,14H,1,13H2,2-3H3/p+1. The van der Waals surface area contributed by atoms with Crippen molar-refractivity contribution in [1.29, 1.82) is 0 Å². The van der Waals surface area contributed by atoms with Crippen molar-refractivity contribution in [1.82, 2.24) is 0 Å². The predicted octanol–water partition coefficient (Wildman–Crippen LogP) is 5.25. The largest absolute Gasteiger partial charge is 0.339 e. The molecule has 3 rings (SSSR count). The molecule has 2 aromatic carbocycles. The average Bonchev–Trinajstić information content (AvgIpc) is 2.94. The number of aryl methyl sites for hydroxylation is 2. The second-order valence-electron chi connectivity index (χ2n) is 5.68. The third kappa shape index (κ3) is 3.51. The normalized spacial score (nSPS) is 10.5. The van der Waals surface area contributed by atoms with Gasteiger partial charge in [0, 0.05) is 10.9 Å². The number of nitrogens with zero attached hydrogens (tertiary/aromatic N) is 1. The Morgan fingerprint density at radius 3 is 2.22 bits per heavy atom. The lowest BCUT2D eigenvalue weighted by molar-refractivity contribution is -0.657. The molecule has 0 aliphatic rings. The van der Waals surface area contributed by atoms with Crippen molar-refractivity contribution < 1.29 is 4.57 Å². The lowest BCUT2D eigenvalue weighted by Crippen LogP contribution is -2.35. The Morgan fingerprint density at radius 2 is 1.61 bits per heavy atom. The summed E-state index contributed by atoms with van der Waals surface area (Å²) in [6, 6.07) is 17.1. The van der Waals surface area contributed by atoms with Gasteiger partial charge in [0.05, 0.1) is 0 Å². The van der Waals surface area contributed by atoms with E-state index < -0.39 is 0 Å². The maximum atomic E-state index is 3.90. The zero-order chi connectivity index (χ0) is 16.2. The van der Waals surface area contributed by atoms with Crippen molar-refractivity contribution in [3.8, 4) is 11.3 Å². The number of rotatable bonds is 5. The van der Waals surface area contributed by atoms with Crippen LogP contribution < -0.4 is 9.88 Å². The van der Waals surface area contributed by atoms with Crippen LogP contribution in [0.3, 0.4) is 0 Å². The lowest BCUT2D eigenvalue weighted by atomic mass is 10.1. The molecule has 0 saturated carbocycles. The highest BCUT2D eigenvalue weighted by molar-refractivity contribution is 7.13. The van der Waals surface area contributed by atoms with Gasteiger partial charge in [0.1, 0.15) is 17.9 Å². The fourth-order valence-electron chi connectivity index (χ4n) is 2.46. The summed E-state index contributed by atoms with van der Waals surface area (Å²) < 4.78 is 2.27. The Balaban J connectivity index is 1.96. The van der Waals surface area contributed by atoms with Crippen LogP contribution in [0.15, 0.2) is 66.6 Å². The van der Waals surface area contributed by atoms with Gasteiger partial charge in [-0.1, -0.05) is 71.5 Å². The highest BCUT2D eigenvalue weighted by Crippen LogP contribution is 2.26. The van der Waals surface area contributed by atoms with Gasteiger partial charge in [0.15, 0.2) is 0 Å². The molecular formula is C20H21N2S+. The molecule has 3 aromatic rings. The van der Waals surface area contributed by atoms with Gasteiger partial charge < -0.3 is 0 Å². The summed E-state index contributed by atoms with van der Waals surface area (Å²) in [4.78, 5) is 0. The minimum Gasteiger partial charge on any atom is -0.231 e. The summed E-state index contributed by atoms with van der Waals surface area (Å²) in [5, 5.41) is 6.83. The third-order valence-corrected chi connectivity index (χ3v) is 4.67. The van der Waals surface area contributed by atoms with E-state index >= 15 is 0 Å². The zero-order valence-electron chi connectivity index (χ0n) is 13.5. The highest BCUT2D eigenvalue weighted by Gasteiger charge is 2.18. The summed E-state index contributed by atoms with van der Waals surface area (Å²) in [5.74, 6) is 0. The van der Waals surface area contributed by atoms with E-state index in [0.717, 1.165) is 17.4 Å². The number of hydrogen-bond acceptors (Lipinski definition) is 2. The Morgan fingerprint density at radius 1 is 1.00 bits per heavy atom. The number of allylic oxidation sites excluding steroid dienone is 1. The van der Waals surface area contributed by atoms with E-state index in [1.54, 1.807) is 11.3 Å². The SMILES string of the molecule is C=CC[n+]1c(-c2ccc(C)cc2)csc1Nc1ccc(C)cc1. The Labute approximate surface area is 141 Å². The molecule has 0 bridgehead atoms. The molecule has 2 nitrogen and oxygen atoms in total. The predicted molar refractivity (Wildman–Crippen MR) is 99.3 cm³/mol. The van der Waals surface area contributed by atoms with E-state index in [2.05, 4.69) is 84.2 Å². The number of aromatic nitrogens is 1. The van der Waals surface area contributed by atoms with Crippen LogP contribution in [-0.2, 0) is 6.54 Å². The summed E-state index contributed by atoms with van der Waals surface area (Å²) >= 11 is 1.72. The number of anilines is 2. The van der Waals surface area contributed by atoms with Crippen molar-refractivity contribution in [2.24, 2.45) is 0 Å². The smallest absolute Gasteiger partial charge is 0.231 e. The topological polar surface area (TPSA) is 15.9 Å². The first-order valence-electron chi connectivity index (χ1n) is 7.70. The van der Waals surface area contributed by atoms with Crippen molar-refractivity contribution in [2.45, 2.75) is 20.4 Å². The molecule has 3 heteroatoms. The quantitative estimate of drug-likeness (QED) is 0.501. The monoisotopic (exact) mass is 321 g/mol. The fourth-order valence-corrected chi connectivity index (χ4v) is 3.43. The lowest BCUT2D eigenvalue weighted by Gasteiger charge is -2.05. The van der Waals surface area contributed by atoms with E-state index in [9.17, 15) is 0 Å². The molecule has 1 aromatic heterocycles. The first kappa shape index (κ1) is 15.5. The van der Waals surface area contributed by atoms with Crippen LogP contribution in [0.25, 0.3) is 11.3 Å². The molecule has 0 spiro atoms. The van der Waals surface area contributed by atoms with Gasteiger partial charge in [-0.25, -0.2) is 9.88 Å². The van der Waals surface area contributed by atoms with Gasteiger partial charge in [-0.15, -0.1) is 0 Å². The maximum absolute atomic E-state index is 3.90. The van der Waals surface area contributed by atoms with Crippen LogP contribution in [0.4, 0.5) is 10.8 Å². The first-order valence-corrected chi connectivity index (χ1v) is 8.58. The molecule has 0 saturated heterocycles. The number of nitrogens with one attached hydrogen (secondary N) is 1. The summed E-state index contributed by atoms with van der Waals surface area (Å²) in [6.07, 6.45) is 1.94. The number of hydrogen-bond donors (Lipinski definition) is 1. The van der Waals surface area contributed by atoms with Crippen LogP contribution in [0.5, 0.6) is 0 Å². The fraction of sp³-hybridized carbons (Fsp3) is 0.150. The summed E-state index contributed by atoms with van der Waals surface area (Å²) in [5.41, 5.74) is 6.08. The molecule has 23 heavy (non-hydrogen) atoms. The van der Waals surface area contributed by atoms with Gasteiger partial charge in [0.25, 0.3) is 0 Å². The van der Waals surface area contributed by atoms with Crippen molar-refractivity contribution in [3.05, 3.63) is 77.7 Å². The molecule has 0 unspecified atom stereocenters. The minimum absolute atomic E-state index is 0.779. The summed E-state index contributed by atoms with van der Waals surface area (Å²) in [7, 11) is 0. The van der Waals surface area contributed by atoms with E-state index in [-0.39, 0.29) is 0 Å². The number of thiazole rings is 1. The van der Waals surface area contributed by atoms with Crippen molar-refractivity contribution in [2.75, 3.05) is 5.32 Å². The van der Waals surface area contributed by atoms with E-state index in [1.807, 2.05) is 6.08 Å². The molecule has 0 aliphatic carbocycles. The second-order valence-corrected chi connectivity index (χ2v) is 6.54. The van der Waals surface area contributed by atoms with E-state index in [1.165, 1.54) is 22.4 Å². The third-order valence-electron chi connectivity index (χ3n) is 3.78. The minimum atomic E-state index is 0.779. The van der Waals surface area contributed by atoms with Gasteiger partial charge in [-0.05, 0) is 26.0 Å². The number of benzene rings is 2. The Bertz CT molecular complexity index is 799. The van der Waals surface area contributed by atoms with Gasteiger partial charge >= 0.3 is 5.13 Å². The second kappa shape index (κ2) is 6.80. The maximum Gasteiger partial charge on any atom is 0.339 e. The molecule has 0 fully saturated rings. The van der Waals surface area contributed by atoms with Gasteiger partial charge in [0.2, 0.25) is 0 Å². The average molecular weight is 321 g/mol. The van der Waals surface area contributed by atoms with E-state index in [4.69, 9.17) is 0 Å². The van der Waals surface area contributed by atoms with Crippen LogP contribution in [-0.4, -0.2) is 0 Å². The molecule has 116 valence electrons. The zero-order valence-corrected chi connectivity index (χ0v) is 14.4. The molecule has 0 radical (unpaired) electrons. The van der Waals surface area contributed by atoms with E-state index in [0.29, 0.717) is 0 Å². The van der Waals surface area contributed by atoms with Crippen molar-refractivity contribution in [3.63, 3.8) is 0 Å².